The number of carbonyl (C=O) groups excluding carboxylic acids is 1. The van der Waals surface area contributed by atoms with Crippen molar-refractivity contribution in [2.24, 2.45) is 5.92 Å². The van der Waals surface area contributed by atoms with Gasteiger partial charge in [-0.25, -0.2) is 0 Å². The summed E-state index contributed by atoms with van der Waals surface area (Å²) < 4.78 is 12.0. The van der Waals surface area contributed by atoms with Crippen LogP contribution in [0.1, 0.15) is 31.0 Å². The van der Waals surface area contributed by atoms with E-state index in [4.69, 9.17) is 9.47 Å². The zero-order valence-electron chi connectivity index (χ0n) is 12.8. The van der Waals surface area contributed by atoms with Crippen molar-refractivity contribution in [3.05, 3.63) is 24.3 Å². The summed E-state index contributed by atoms with van der Waals surface area (Å²) >= 11 is 0. The molecule has 0 unspecified atom stereocenters. The lowest BCUT2D eigenvalue weighted by molar-refractivity contribution is 0.0869. The predicted molar refractivity (Wildman–Crippen MR) is 81.1 cm³/mol. The van der Waals surface area contributed by atoms with Crippen LogP contribution in [0.25, 0.3) is 11.4 Å². The van der Waals surface area contributed by atoms with Gasteiger partial charge < -0.3 is 9.47 Å². The molecule has 1 saturated carbocycles. The van der Waals surface area contributed by atoms with Crippen LogP contribution in [-0.2, 0) is 0 Å². The monoisotopic (exact) mass is 301 g/mol. The molecule has 0 saturated heterocycles. The van der Waals surface area contributed by atoms with Gasteiger partial charge in [-0.1, -0.05) is 6.92 Å². The van der Waals surface area contributed by atoms with E-state index in [2.05, 4.69) is 10.1 Å². The minimum atomic E-state index is -0.00957. The molecule has 1 aromatic carbocycles. The summed E-state index contributed by atoms with van der Waals surface area (Å²) in [7, 11) is 1.62. The molecule has 1 aromatic heterocycles. The first-order valence-corrected chi connectivity index (χ1v) is 7.51. The zero-order valence-corrected chi connectivity index (χ0v) is 12.8. The average molecular weight is 301 g/mol. The van der Waals surface area contributed by atoms with Crippen molar-refractivity contribution < 1.29 is 14.3 Å². The van der Waals surface area contributed by atoms with Gasteiger partial charge in [0.2, 0.25) is 0 Å². The number of ether oxygens (including phenoxy) is 2. The molecule has 0 amide bonds. The number of carbonyl (C=O) groups is 1. The fraction of sp³-hybridized carbons (Fsp3) is 0.438. The maximum Gasteiger partial charge on any atom is 0.336 e. The van der Waals surface area contributed by atoms with Crippen LogP contribution in [0.4, 0.5) is 0 Å². The lowest BCUT2D eigenvalue weighted by atomic mass is 10.2. The van der Waals surface area contributed by atoms with Crippen LogP contribution >= 0.6 is 0 Å². The summed E-state index contributed by atoms with van der Waals surface area (Å²) in [5, 5.41) is 4.23. The first-order chi connectivity index (χ1) is 10.7. The smallest absolute Gasteiger partial charge is 0.336 e. The van der Waals surface area contributed by atoms with Gasteiger partial charge in [0.15, 0.2) is 5.82 Å². The van der Waals surface area contributed by atoms with Gasteiger partial charge in [-0.3, -0.25) is 4.79 Å². The summed E-state index contributed by atoms with van der Waals surface area (Å²) in [6.45, 7) is 2.54. The number of benzene rings is 1. The molecule has 3 rings (SSSR count). The fourth-order valence-corrected chi connectivity index (χ4v) is 2.13. The third kappa shape index (κ3) is 2.95. The van der Waals surface area contributed by atoms with E-state index in [-0.39, 0.29) is 17.8 Å². The second kappa shape index (κ2) is 6.17. The van der Waals surface area contributed by atoms with Gasteiger partial charge in [-0.15, -0.1) is 5.10 Å². The van der Waals surface area contributed by atoms with E-state index in [0.29, 0.717) is 12.4 Å². The molecule has 116 valence electrons. The molecule has 0 bridgehead atoms. The Bertz CT molecular complexity index is 660. The Morgan fingerprint density at radius 2 is 2.05 bits per heavy atom. The predicted octanol–water partition coefficient (Wildman–Crippen LogP) is 2.79. The molecule has 1 aliphatic rings. The molecule has 0 spiro atoms. The zero-order chi connectivity index (χ0) is 15.5. The molecule has 2 aromatic rings. The van der Waals surface area contributed by atoms with Gasteiger partial charge in [-0.2, -0.15) is 9.67 Å². The molecular weight excluding hydrogens is 282 g/mol. The van der Waals surface area contributed by atoms with E-state index >= 15 is 0 Å². The van der Waals surface area contributed by atoms with Gasteiger partial charge in [-0.05, 0) is 43.5 Å². The van der Waals surface area contributed by atoms with Gasteiger partial charge >= 0.3 is 6.01 Å². The molecule has 6 nitrogen and oxygen atoms in total. The highest BCUT2D eigenvalue weighted by Crippen LogP contribution is 2.32. The average Bonchev–Trinajstić information content (AvgIpc) is 3.32. The summed E-state index contributed by atoms with van der Waals surface area (Å²) in [6.07, 6.45) is 2.71. The van der Waals surface area contributed by atoms with Gasteiger partial charge in [0.1, 0.15) is 5.75 Å². The van der Waals surface area contributed by atoms with Crippen molar-refractivity contribution in [1.29, 1.82) is 0 Å². The lowest BCUT2D eigenvalue weighted by Gasteiger charge is -2.04. The Balaban J connectivity index is 1.95. The maximum absolute atomic E-state index is 12.4. The molecule has 1 fully saturated rings. The van der Waals surface area contributed by atoms with Crippen molar-refractivity contribution in [2.45, 2.75) is 26.2 Å². The first kappa shape index (κ1) is 14.6. The molecule has 0 radical (unpaired) electrons. The van der Waals surface area contributed by atoms with Gasteiger partial charge in [0.05, 0.1) is 13.7 Å². The minimum absolute atomic E-state index is 0.00957. The Morgan fingerprint density at radius 3 is 2.64 bits per heavy atom. The first-order valence-electron chi connectivity index (χ1n) is 7.51. The number of aromatic nitrogens is 3. The largest absolute Gasteiger partial charge is 0.497 e. The topological polar surface area (TPSA) is 66.2 Å². The van der Waals surface area contributed by atoms with Gasteiger partial charge in [0.25, 0.3) is 5.91 Å². The molecular formula is C16H19N3O3. The minimum Gasteiger partial charge on any atom is -0.497 e. The lowest BCUT2D eigenvalue weighted by Crippen LogP contribution is -2.15. The quantitative estimate of drug-likeness (QED) is 0.820. The van der Waals surface area contributed by atoms with E-state index in [1.807, 2.05) is 31.2 Å². The van der Waals surface area contributed by atoms with Crippen LogP contribution in [-0.4, -0.2) is 34.4 Å². The number of rotatable bonds is 6. The molecule has 0 atom stereocenters. The normalized spacial score (nSPS) is 13.9. The summed E-state index contributed by atoms with van der Waals surface area (Å²) in [5.74, 6) is 1.33. The molecule has 0 N–H and O–H groups in total. The molecule has 0 aliphatic heterocycles. The summed E-state index contributed by atoms with van der Waals surface area (Å²) in [5.41, 5.74) is 0.814. The highest BCUT2D eigenvalue weighted by atomic mass is 16.5. The highest BCUT2D eigenvalue weighted by molar-refractivity contribution is 5.86. The third-order valence-corrected chi connectivity index (χ3v) is 3.51. The van der Waals surface area contributed by atoms with Crippen LogP contribution in [0.15, 0.2) is 24.3 Å². The Kier molecular flexibility index (Phi) is 4.09. The van der Waals surface area contributed by atoms with E-state index in [0.717, 1.165) is 30.6 Å². The Hall–Kier alpha value is -2.37. The van der Waals surface area contributed by atoms with Crippen molar-refractivity contribution >= 4 is 5.91 Å². The second-order valence-corrected chi connectivity index (χ2v) is 5.32. The highest BCUT2D eigenvalue weighted by Gasteiger charge is 2.33. The Labute approximate surface area is 129 Å². The second-order valence-electron chi connectivity index (χ2n) is 5.32. The number of hydrogen-bond donors (Lipinski definition) is 0. The third-order valence-electron chi connectivity index (χ3n) is 3.51. The summed E-state index contributed by atoms with van der Waals surface area (Å²) in [4.78, 5) is 16.8. The van der Waals surface area contributed by atoms with E-state index in [9.17, 15) is 4.79 Å². The number of hydrogen-bond acceptors (Lipinski definition) is 5. The Morgan fingerprint density at radius 1 is 1.32 bits per heavy atom. The molecule has 1 heterocycles. The molecule has 6 heteroatoms. The van der Waals surface area contributed by atoms with E-state index < -0.39 is 0 Å². The van der Waals surface area contributed by atoms with Crippen molar-refractivity contribution in [3.63, 3.8) is 0 Å². The number of methoxy groups -OCH3 is 1. The summed E-state index contributed by atoms with van der Waals surface area (Å²) in [6, 6.07) is 7.65. The van der Waals surface area contributed by atoms with Crippen molar-refractivity contribution in [2.75, 3.05) is 13.7 Å². The van der Waals surface area contributed by atoms with Crippen LogP contribution in [0, 0.1) is 5.92 Å². The fourth-order valence-electron chi connectivity index (χ4n) is 2.13. The van der Waals surface area contributed by atoms with E-state index in [1.54, 1.807) is 7.11 Å². The molecule has 22 heavy (non-hydrogen) atoms. The molecule has 1 aliphatic carbocycles. The van der Waals surface area contributed by atoms with Crippen LogP contribution in [0.5, 0.6) is 11.8 Å². The van der Waals surface area contributed by atoms with Crippen LogP contribution in [0.3, 0.4) is 0 Å². The van der Waals surface area contributed by atoms with E-state index in [1.165, 1.54) is 4.68 Å². The maximum atomic E-state index is 12.4. The number of nitrogens with zero attached hydrogens (tertiary/aromatic N) is 3. The van der Waals surface area contributed by atoms with Crippen LogP contribution < -0.4 is 9.47 Å². The van der Waals surface area contributed by atoms with Crippen LogP contribution in [0.2, 0.25) is 0 Å². The standard InChI is InChI=1S/C16H19N3O3/c1-3-10-22-16-17-14(11-6-8-13(21-2)9-7-11)19(18-16)15(20)12-4-5-12/h6-9,12H,3-5,10H2,1-2H3. The SMILES string of the molecule is CCCOc1nc(-c2ccc(OC)cc2)n(C(=O)C2CC2)n1. The van der Waals surface area contributed by atoms with Crippen molar-refractivity contribution in [3.8, 4) is 23.1 Å². The van der Waals surface area contributed by atoms with Crippen molar-refractivity contribution in [1.82, 2.24) is 14.8 Å². The van der Waals surface area contributed by atoms with Gasteiger partial charge in [0, 0.05) is 11.5 Å².